The van der Waals surface area contributed by atoms with Crippen molar-refractivity contribution >= 4 is 50.6 Å². The summed E-state index contributed by atoms with van der Waals surface area (Å²) in [5.74, 6) is 2.27. The van der Waals surface area contributed by atoms with Crippen molar-refractivity contribution in [3.8, 4) is 46.3 Å². The molecule has 84 heavy (non-hydrogen) atoms. The normalized spacial score (nSPS) is 19.7. The second-order valence-corrected chi connectivity index (χ2v) is 22.7. The summed E-state index contributed by atoms with van der Waals surface area (Å²) in [5.41, 5.74) is 2.43. The number of nitriles is 2. The fourth-order valence-corrected chi connectivity index (χ4v) is 12.2. The average molecular weight is 1160 g/mol. The number of rotatable bonds is 10. The highest BCUT2D eigenvalue weighted by atomic mass is 19.4. The van der Waals surface area contributed by atoms with Crippen molar-refractivity contribution in [2.75, 3.05) is 61.0 Å². The van der Waals surface area contributed by atoms with Crippen molar-refractivity contribution in [1.29, 1.82) is 10.5 Å². The zero-order chi connectivity index (χ0) is 59.3. The second-order valence-electron chi connectivity index (χ2n) is 22.7. The van der Waals surface area contributed by atoms with Crippen LogP contribution in [0.1, 0.15) is 84.4 Å². The molecule has 444 valence electrons. The van der Waals surface area contributed by atoms with Gasteiger partial charge in [0.1, 0.15) is 34.5 Å². The Labute approximate surface area is 489 Å². The molecule has 0 spiro atoms. The molecule has 3 aliphatic heterocycles. The predicted molar refractivity (Wildman–Crippen MR) is 321 cm³/mol. The Morgan fingerprint density at radius 1 is 0.595 bits per heavy atom. The topological polar surface area (TPSA) is 233 Å². The van der Waals surface area contributed by atoms with Gasteiger partial charge in [0.2, 0.25) is 0 Å². The number of fused-ring (bicyclic) bond motifs is 3. The largest absolute Gasteiger partial charge is 0.418 e. The molecule has 23 heteroatoms. The third kappa shape index (κ3) is 12.3. The van der Waals surface area contributed by atoms with Crippen molar-refractivity contribution < 1.29 is 27.7 Å². The summed E-state index contributed by atoms with van der Waals surface area (Å²) >= 11 is 0. The standard InChI is InChI=1S/C22H29FN6.C20H19F3N6.C19H19FN6.4H2/c1-22(2,3)20(24-4)14-7-6-12-29(13-14)17-10-9-16(23)19(26-17)18-15-8-5-11-25-21(15)28-27-18;1-2-12-11-29(9-7-13(12)10-24)16-6-5-15(20(21,22)23)18(26-16)17-14-4-3-8-25-19(14)28-27-17;1-2-12-11-26(9-7-13(12)10-21)16-6-5-15(20)18(23-16)17-14-4-3-8-22-19(14)25-24-17;;;;/h5,8-11,14,20,24H,6-7,12-13H2,1-4H3,(H,25,27,28);3-6,8,12-13H,2,7,9,11H2,1H3,(H,25,27,28);3-6,8,12-13H,2,7,9,11H2,1H3,(H,22,24,25);4*1H. The Morgan fingerprint density at radius 3 is 1.42 bits per heavy atom. The third-order valence-corrected chi connectivity index (χ3v) is 16.5. The first-order valence-corrected chi connectivity index (χ1v) is 28.5. The van der Waals surface area contributed by atoms with Crippen molar-refractivity contribution in [1.82, 2.24) is 65.8 Å². The first-order chi connectivity index (χ1) is 40.5. The summed E-state index contributed by atoms with van der Waals surface area (Å²) in [5, 5.41) is 44.9. The van der Waals surface area contributed by atoms with Gasteiger partial charge in [-0.2, -0.15) is 39.0 Å². The highest BCUT2D eigenvalue weighted by molar-refractivity contribution is 5.92. The van der Waals surface area contributed by atoms with Gasteiger partial charge in [-0.3, -0.25) is 15.3 Å². The number of hydrogen-bond acceptors (Lipinski definition) is 15. The minimum absolute atomic E-state index is 0. The van der Waals surface area contributed by atoms with Crippen molar-refractivity contribution in [3.05, 3.63) is 109 Å². The smallest absolute Gasteiger partial charge is 0.356 e. The van der Waals surface area contributed by atoms with E-state index in [1.165, 1.54) is 30.8 Å². The molecule has 3 aliphatic rings. The molecule has 12 heterocycles. The van der Waals surface area contributed by atoms with Crippen LogP contribution in [0, 0.1) is 69.3 Å². The molecule has 6 unspecified atom stereocenters. The molecule has 0 amide bonds. The Kier molecular flexibility index (Phi) is 17.4. The number of alkyl halides is 3. The first-order valence-electron chi connectivity index (χ1n) is 28.5. The lowest BCUT2D eigenvalue weighted by Gasteiger charge is -2.42. The highest BCUT2D eigenvalue weighted by Gasteiger charge is 2.38. The van der Waals surface area contributed by atoms with E-state index in [1.54, 1.807) is 42.7 Å². The second kappa shape index (κ2) is 25.0. The Hall–Kier alpha value is -8.70. The molecule has 6 atom stereocenters. The maximum absolute atomic E-state index is 14.7. The Bertz CT molecular complexity index is 3840. The van der Waals surface area contributed by atoms with Gasteiger partial charge < -0.3 is 20.0 Å². The molecule has 3 saturated heterocycles. The van der Waals surface area contributed by atoms with Crippen LogP contribution in [0.3, 0.4) is 0 Å². The zero-order valence-corrected chi connectivity index (χ0v) is 47.8. The van der Waals surface area contributed by atoms with Crippen LogP contribution in [0.4, 0.5) is 39.4 Å². The number of aromatic nitrogens is 12. The molecular formula is C61H75F5N18. The Balaban J connectivity index is 0.000000206. The van der Waals surface area contributed by atoms with E-state index in [4.69, 9.17) is 4.98 Å². The van der Waals surface area contributed by atoms with Gasteiger partial charge in [-0.1, -0.05) is 47.5 Å². The summed E-state index contributed by atoms with van der Waals surface area (Å²) in [4.78, 5) is 32.5. The van der Waals surface area contributed by atoms with Crippen LogP contribution in [0.5, 0.6) is 0 Å². The maximum atomic E-state index is 14.7. The molecule has 9 aromatic rings. The number of halogens is 5. The molecule has 12 rings (SSSR count). The number of nitrogens with zero attached hydrogens (tertiary/aromatic N) is 14. The van der Waals surface area contributed by atoms with E-state index in [-0.39, 0.29) is 51.8 Å². The average Bonchev–Trinajstić information content (AvgIpc) is 2.67. The number of piperidine rings is 3. The van der Waals surface area contributed by atoms with Crippen molar-refractivity contribution in [2.45, 2.75) is 85.4 Å². The minimum atomic E-state index is -4.56. The number of H-pyrrole nitrogens is 3. The molecule has 0 aromatic carbocycles. The number of pyridine rings is 6. The Morgan fingerprint density at radius 2 is 1.01 bits per heavy atom. The maximum Gasteiger partial charge on any atom is 0.418 e. The van der Waals surface area contributed by atoms with Gasteiger partial charge in [0.05, 0.1) is 46.6 Å². The summed E-state index contributed by atoms with van der Waals surface area (Å²) < 4.78 is 70.2. The van der Waals surface area contributed by atoms with Crippen LogP contribution in [-0.4, -0.2) is 113 Å². The molecular weight excluding hydrogens is 1080 g/mol. The zero-order valence-electron chi connectivity index (χ0n) is 47.8. The summed E-state index contributed by atoms with van der Waals surface area (Å²) in [6, 6.07) is 24.7. The third-order valence-electron chi connectivity index (χ3n) is 16.5. The van der Waals surface area contributed by atoms with Crippen molar-refractivity contribution in [2.24, 2.45) is 35.0 Å². The van der Waals surface area contributed by atoms with E-state index in [9.17, 15) is 32.5 Å². The summed E-state index contributed by atoms with van der Waals surface area (Å²) in [7, 11) is 2.04. The van der Waals surface area contributed by atoms with E-state index < -0.39 is 17.6 Å². The van der Waals surface area contributed by atoms with Gasteiger partial charge in [-0.05, 0) is 129 Å². The van der Waals surface area contributed by atoms with Gasteiger partial charge in [0, 0.05) is 85.8 Å². The molecule has 0 radical (unpaired) electrons. The predicted octanol–water partition coefficient (Wildman–Crippen LogP) is 12.9. The van der Waals surface area contributed by atoms with Gasteiger partial charge in [-0.25, -0.2) is 38.7 Å². The van der Waals surface area contributed by atoms with Crippen LogP contribution in [-0.2, 0) is 6.18 Å². The molecule has 9 aromatic heterocycles. The molecule has 3 fully saturated rings. The number of aromatic amines is 3. The van der Waals surface area contributed by atoms with Gasteiger partial charge in [0.25, 0.3) is 0 Å². The van der Waals surface area contributed by atoms with Crippen LogP contribution in [0.2, 0.25) is 0 Å². The number of nitrogens with one attached hydrogen (secondary N) is 4. The van der Waals surface area contributed by atoms with E-state index in [1.807, 2.05) is 37.1 Å². The van der Waals surface area contributed by atoms with Crippen molar-refractivity contribution in [3.63, 3.8) is 0 Å². The molecule has 0 saturated carbocycles. The fraction of sp³-hybridized carbons (Fsp3) is 0.426. The lowest BCUT2D eigenvalue weighted by atomic mass is 9.76. The summed E-state index contributed by atoms with van der Waals surface area (Å²) in [6.07, 6.45) is 5.84. The lowest BCUT2D eigenvalue weighted by Crippen LogP contribution is -2.50. The molecule has 4 N–H and O–H groups in total. The number of anilines is 3. The van der Waals surface area contributed by atoms with Gasteiger partial charge in [0.15, 0.2) is 28.6 Å². The summed E-state index contributed by atoms with van der Waals surface area (Å²) in [6.45, 7) is 15.5. The van der Waals surface area contributed by atoms with Gasteiger partial charge in [-0.15, -0.1) is 0 Å². The van der Waals surface area contributed by atoms with E-state index in [0.29, 0.717) is 82.6 Å². The number of hydrogen-bond donors (Lipinski definition) is 4. The van der Waals surface area contributed by atoms with Crippen LogP contribution in [0.25, 0.3) is 67.3 Å². The SMILES string of the molecule is CCC1CN(c2ccc(C(F)(F)F)c(-c3[nH]nc4ncccc34)n2)CCC1C#N.CCC1CN(c2ccc(F)c(-c3[nH]nc4ncccc34)n2)CCC1C#N.CNC(C1CCCN(c2ccc(F)c(-c3[nH]nc4ncccc34)n2)C1)C(C)(C)C.[HH].[HH].[HH].[HH]. The highest BCUT2D eigenvalue weighted by Crippen LogP contribution is 2.40. The van der Waals surface area contributed by atoms with E-state index >= 15 is 0 Å². The van der Waals surface area contributed by atoms with E-state index in [0.717, 1.165) is 80.3 Å². The first kappa shape index (κ1) is 58.5. The van der Waals surface area contributed by atoms with E-state index in [2.05, 4.69) is 110 Å². The van der Waals surface area contributed by atoms with Gasteiger partial charge >= 0.3 is 6.18 Å². The molecule has 0 bridgehead atoms. The minimum Gasteiger partial charge on any atom is -0.356 e. The van der Waals surface area contributed by atoms with Crippen LogP contribution < -0.4 is 20.0 Å². The van der Waals surface area contributed by atoms with Crippen LogP contribution >= 0.6 is 0 Å². The lowest BCUT2D eigenvalue weighted by molar-refractivity contribution is -0.137. The quantitative estimate of drug-likeness (QED) is 0.0933. The molecule has 0 aliphatic carbocycles. The fourth-order valence-electron chi connectivity index (χ4n) is 12.2. The van der Waals surface area contributed by atoms with Crippen LogP contribution in [0.15, 0.2) is 91.4 Å². The molecule has 18 nitrogen and oxygen atoms in total. The monoisotopic (exact) mass is 1150 g/mol.